The second kappa shape index (κ2) is 4.54. The summed E-state index contributed by atoms with van der Waals surface area (Å²) in [5.41, 5.74) is 0.366. The van der Waals surface area contributed by atoms with Gasteiger partial charge in [0.15, 0.2) is 0 Å². The summed E-state index contributed by atoms with van der Waals surface area (Å²) in [6.07, 6.45) is 0. The molecule has 5 nitrogen and oxygen atoms in total. The van der Waals surface area contributed by atoms with E-state index >= 15 is 0 Å². The van der Waals surface area contributed by atoms with Crippen molar-refractivity contribution in [1.29, 1.82) is 0 Å². The van der Waals surface area contributed by atoms with Gasteiger partial charge in [0.2, 0.25) is 10.0 Å². The van der Waals surface area contributed by atoms with E-state index in [2.05, 4.69) is 5.18 Å². The Bertz CT molecular complexity index is 501. The summed E-state index contributed by atoms with van der Waals surface area (Å²) in [5.74, 6) is 0. The lowest BCUT2D eigenvalue weighted by Gasteiger charge is -2.24. The Hall–Kier alpha value is -1.27. The molecule has 17 heavy (non-hydrogen) atoms. The first-order valence-corrected chi connectivity index (χ1v) is 6.66. The van der Waals surface area contributed by atoms with Crippen LogP contribution in [0.2, 0.25) is 0 Å². The number of nitrogens with zero attached hydrogens (tertiary/aromatic N) is 1. The molecular formula is C11H16N2O3S. The summed E-state index contributed by atoms with van der Waals surface area (Å²) >= 11 is 0. The largest absolute Gasteiger partial charge is 0.238 e. The second-order valence-corrected chi connectivity index (χ2v) is 6.55. The SMILES string of the molecule is CC(C)(C)C(N=O)c1ccc(S(N)(=O)=O)cc1. The highest BCUT2D eigenvalue weighted by Crippen LogP contribution is 2.36. The number of primary sulfonamides is 1. The molecule has 0 aliphatic heterocycles. The van der Waals surface area contributed by atoms with Crippen molar-refractivity contribution in [3.63, 3.8) is 0 Å². The Morgan fingerprint density at radius 2 is 1.65 bits per heavy atom. The monoisotopic (exact) mass is 256 g/mol. The van der Waals surface area contributed by atoms with E-state index in [1.165, 1.54) is 12.1 Å². The van der Waals surface area contributed by atoms with Crippen LogP contribution >= 0.6 is 0 Å². The summed E-state index contributed by atoms with van der Waals surface area (Å²) in [6.45, 7) is 5.69. The van der Waals surface area contributed by atoms with Crippen LogP contribution in [0, 0.1) is 10.3 Å². The maximum atomic E-state index is 11.1. The standard InChI is InChI=1S/C11H16N2O3S/c1-11(2,3)10(13-14)8-4-6-9(7-5-8)17(12,15)16/h4-7,10H,1-3H3,(H2,12,15,16). The van der Waals surface area contributed by atoms with Crippen molar-refractivity contribution < 1.29 is 8.42 Å². The number of hydrogen-bond donors (Lipinski definition) is 1. The minimum absolute atomic E-state index is 0.0276. The van der Waals surface area contributed by atoms with Crippen LogP contribution in [0.4, 0.5) is 0 Å². The van der Waals surface area contributed by atoms with Crippen LogP contribution in [-0.2, 0) is 10.0 Å². The number of hydrogen-bond acceptors (Lipinski definition) is 4. The summed E-state index contributed by atoms with van der Waals surface area (Å²) < 4.78 is 22.1. The summed E-state index contributed by atoms with van der Waals surface area (Å²) in [5, 5.41) is 8.08. The number of nitrogens with two attached hydrogens (primary N) is 1. The highest BCUT2D eigenvalue weighted by Gasteiger charge is 2.27. The molecule has 0 spiro atoms. The van der Waals surface area contributed by atoms with Gasteiger partial charge in [-0.1, -0.05) is 38.1 Å². The average molecular weight is 256 g/mol. The molecule has 6 heteroatoms. The summed E-state index contributed by atoms with van der Waals surface area (Å²) in [4.78, 5) is 10.9. The molecule has 0 heterocycles. The van der Waals surface area contributed by atoms with Gasteiger partial charge in [-0.2, -0.15) is 4.91 Å². The highest BCUT2D eigenvalue weighted by atomic mass is 32.2. The van der Waals surface area contributed by atoms with Gasteiger partial charge in [-0.15, -0.1) is 0 Å². The third kappa shape index (κ3) is 3.34. The van der Waals surface area contributed by atoms with Gasteiger partial charge in [-0.3, -0.25) is 0 Å². The van der Waals surface area contributed by atoms with E-state index in [-0.39, 0.29) is 10.3 Å². The number of rotatable bonds is 3. The van der Waals surface area contributed by atoms with Gasteiger partial charge in [-0.25, -0.2) is 13.6 Å². The van der Waals surface area contributed by atoms with Crippen molar-refractivity contribution in [2.75, 3.05) is 0 Å². The van der Waals surface area contributed by atoms with Gasteiger partial charge >= 0.3 is 0 Å². The van der Waals surface area contributed by atoms with E-state index in [0.29, 0.717) is 5.56 Å². The molecule has 94 valence electrons. The Kier molecular flexibility index (Phi) is 3.68. The van der Waals surface area contributed by atoms with E-state index in [9.17, 15) is 13.3 Å². The fourth-order valence-electron chi connectivity index (χ4n) is 1.56. The van der Waals surface area contributed by atoms with E-state index in [1.54, 1.807) is 12.1 Å². The fraction of sp³-hybridized carbons (Fsp3) is 0.455. The quantitative estimate of drug-likeness (QED) is 0.840. The first kappa shape index (κ1) is 13.8. The predicted molar refractivity (Wildman–Crippen MR) is 65.8 cm³/mol. The minimum atomic E-state index is -3.70. The van der Waals surface area contributed by atoms with Gasteiger partial charge in [-0.05, 0) is 23.1 Å². The zero-order valence-electron chi connectivity index (χ0n) is 10.0. The molecule has 1 aromatic carbocycles. The van der Waals surface area contributed by atoms with E-state index < -0.39 is 16.1 Å². The zero-order chi connectivity index (χ0) is 13.3. The van der Waals surface area contributed by atoms with E-state index in [1.807, 2.05) is 20.8 Å². The zero-order valence-corrected chi connectivity index (χ0v) is 10.9. The summed E-state index contributed by atoms with van der Waals surface area (Å²) in [7, 11) is -3.70. The number of sulfonamides is 1. The maximum absolute atomic E-state index is 11.1. The van der Waals surface area contributed by atoms with Gasteiger partial charge in [0, 0.05) is 0 Å². The number of benzene rings is 1. The lowest BCUT2D eigenvalue weighted by molar-refractivity contribution is 0.327. The van der Waals surface area contributed by atoms with Crippen molar-refractivity contribution in [2.24, 2.45) is 15.7 Å². The van der Waals surface area contributed by atoms with Crippen molar-refractivity contribution >= 4 is 10.0 Å². The van der Waals surface area contributed by atoms with Gasteiger partial charge < -0.3 is 0 Å². The molecular weight excluding hydrogens is 240 g/mol. The smallest absolute Gasteiger partial charge is 0.225 e. The van der Waals surface area contributed by atoms with Gasteiger partial charge in [0.1, 0.15) is 6.04 Å². The van der Waals surface area contributed by atoms with Gasteiger partial charge in [0.05, 0.1) is 4.90 Å². The van der Waals surface area contributed by atoms with Crippen LogP contribution in [0.15, 0.2) is 34.3 Å². The topological polar surface area (TPSA) is 89.6 Å². The molecule has 0 radical (unpaired) electrons. The van der Waals surface area contributed by atoms with Crippen molar-refractivity contribution in [1.82, 2.24) is 0 Å². The highest BCUT2D eigenvalue weighted by molar-refractivity contribution is 7.89. The Morgan fingerprint density at radius 1 is 1.18 bits per heavy atom. The molecule has 0 amide bonds. The van der Waals surface area contributed by atoms with Crippen LogP contribution in [0.3, 0.4) is 0 Å². The molecule has 0 saturated carbocycles. The lowest BCUT2D eigenvalue weighted by Crippen LogP contribution is -2.17. The van der Waals surface area contributed by atoms with Crippen LogP contribution in [0.1, 0.15) is 32.4 Å². The Balaban J connectivity index is 3.14. The number of nitroso groups, excluding NO2 is 1. The average Bonchev–Trinajstić information content (AvgIpc) is 2.16. The van der Waals surface area contributed by atoms with E-state index in [4.69, 9.17) is 5.14 Å². The van der Waals surface area contributed by atoms with E-state index in [0.717, 1.165) is 0 Å². The second-order valence-electron chi connectivity index (χ2n) is 4.99. The molecule has 0 saturated heterocycles. The lowest BCUT2D eigenvalue weighted by atomic mass is 9.83. The maximum Gasteiger partial charge on any atom is 0.238 e. The Labute approximate surface area is 101 Å². The molecule has 2 N–H and O–H groups in total. The molecule has 0 bridgehead atoms. The first-order valence-electron chi connectivity index (χ1n) is 5.11. The molecule has 1 rings (SSSR count). The predicted octanol–water partition coefficient (Wildman–Crippen LogP) is 2.19. The molecule has 0 fully saturated rings. The molecule has 1 aromatic rings. The molecule has 0 aliphatic rings. The van der Waals surface area contributed by atoms with Crippen LogP contribution in [-0.4, -0.2) is 8.42 Å². The van der Waals surface area contributed by atoms with Crippen LogP contribution < -0.4 is 5.14 Å². The van der Waals surface area contributed by atoms with Gasteiger partial charge in [0.25, 0.3) is 0 Å². The third-order valence-electron chi connectivity index (χ3n) is 2.45. The third-order valence-corrected chi connectivity index (χ3v) is 3.38. The summed E-state index contributed by atoms with van der Waals surface area (Å²) in [6, 6.07) is 5.38. The minimum Gasteiger partial charge on any atom is -0.225 e. The normalized spacial score (nSPS) is 14.4. The molecule has 1 atom stereocenters. The van der Waals surface area contributed by atoms with Crippen molar-refractivity contribution in [3.05, 3.63) is 34.7 Å². The molecule has 0 aromatic heterocycles. The van der Waals surface area contributed by atoms with Crippen LogP contribution in [0.5, 0.6) is 0 Å². The molecule has 1 unspecified atom stereocenters. The Morgan fingerprint density at radius 3 is 1.94 bits per heavy atom. The fourth-order valence-corrected chi connectivity index (χ4v) is 2.07. The van der Waals surface area contributed by atoms with Crippen LogP contribution in [0.25, 0.3) is 0 Å². The first-order chi connectivity index (χ1) is 7.66. The van der Waals surface area contributed by atoms with Crippen molar-refractivity contribution in [3.8, 4) is 0 Å². The molecule has 0 aliphatic carbocycles. The van der Waals surface area contributed by atoms with Crippen molar-refractivity contribution in [2.45, 2.75) is 31.7 Å².